The van der Waals surface area contributed by atoms with Crippen LogP contribution in [0.2, 0.25) is 0 Å². The predicted octanol–water partition coefficient (Wildman–Crippen LogP) is 5.33. The second-order valence-corrected chi connectivity index (χ2v) is 12.7. The molecule has 2 aromatic rings. The van der Waals surface area contributed by atoms with Gasteiger partial charge < -0.3 is 16.0 Å². The molecule has 0 aliphatic carbocycles. The van der Waals surface area contributed by atoms with E-state index in [0.29, 0.717) is 18.1 Å². The molecular weight excluding hydrogens is 416 g/mol. The van der Waals surface area contributed by atoms with Gasteiger partial charge in [0.15, 0.2) is 0 Å². The van der Waals surface area contributed by atoms with Gasteiger partial charge in [-0.1, -0.05) is 54.6 Å². The Morgan fingerprint density at radius 3 is 2.41 bits per heavy atom. The normalized spacial score (nSPS) is 33.4. The van der Waals surface area contributed by atoms with Crippen molar-refractivity contribution in [2.75, 3.05) is 6.54 Å². The first-order valence-corrected chi connectivity index (χ1v) is 13.4. The zero-order chi connectivity index (χ0) is 24.0. The van der Waals surface area contributed by atoms with Crippen molar-refractivity contribution in [3.63, 3.8) is 0 Å². The van der Waals surface area contributed by atoms with Crippen LogP contribution in [0.15, 0.2) is 54.6 Å². The summed E-state index contributed by atoms with van der Waals surface area (Å²) in [6.07, 6.45) is 5.81. The maximum Gasteiger partial charge on any atom is 0.0482 e. The molecular formula is C30H44N4. The minimum atomic E-state index is -0.0728. The first kappa shape index (κ1) is 24.0. The monoisotopic (exact) mass is 460 g/mol. The lowest BCUT2D eigenvalue weighted by Crippen LogP contribution is -2.62. The number of nitrogens with one attached hydrogen (secondary N) is 4. The maximum atomic E-state index is 4.28. The van der Waals surface area contributed by atoms with Gasteiger partial charge in [0, 0.05) is 40.8 Å². The third-order valence-corrected chi connectivity index (χ3v) is 8.07. The fourth-order valence-electron chi connectivity index (χ4n) is 6.93. The fourth-order valence-corrected chi connectivity index (χ4v) is 6.93. The second-order valence-electron chi connectivity index (χ2n) is 12.7. The van der Waals surface area contributed by atoms with Crippen LogP contribution < -0.4 is 21.3 Å². The van der Waals surface area contributed by atoms with Gasteiger partial charge in [-0.3, -0.25) is 5.32 Å². The van der Waals surface area contributed by atoms with Crippen molar-refractivity contribution < 1.29 is 0 Å². The van der Waals surface area contributed by atoms with Gasteiger partial charge in [-0.2, -0.15) is 0 Å². The topological polar surface area (TPSA) is 48.1 Å². The number of rotatable bonds is 2. The van der Waals surface area contributed by atoms with Crippen LogP contribution in [0.5, 0.6) is 0 Å². The quantitative estimate of drug-likeness (QED) is 0.489. The van der Waals surface area contributed by atoms with Gasteiger partial charge in [-0.05, 0) is 90.0 Å². The Morgan fingerprint density at radius 1 is 0.882 bits per heavy atom. The van der Waals surface area contributed by atoms with E-state index < -0.39 is 0 Å². The average molecular weight is 461 g/mol. The molecule has 0 radical (unpaired) electrons. The number of benzene rings is 2. The smallest absolute Gasteiger partial charge is 0.0482 e. The van der Waals surface area contributed by atoms with Crippen LogP contribution in [0.25, 0.3) is 0 Å². The molecule has 4 N–H and O–H groups in total. The Kier molecular flexibility index (Phi) is 6.39. The van der Waals surface area contributed by atoms with Crippen molar-refractivity contribution in [2.24, 2.45) is 0 Å². The fraction of sp³-hybridized carbons (Fsp3) is 0.600. The number of hydrogen-bond acceptors (Lipinski definition) is 4. The molecule has 1 spiro atoms. The highest BCUT2D eigenvalue weighted by atomic mass is 15.1. The molecule has 2 saturated heterocycles. The van der Waals surface area contributed by atoms with E-state index in [1.165, 1.54) is 29.5 Å². The minimum absolute atomic E-state index is 0.0210. The Balaban J connectivity index is 1.57. The largest absolute Gasteiger partial charge is 0.309 e. The third-order valence-electron chi connectivity index (χ3n) is 8.07. The van der Waals surface area contributed by atoms with Crippen LogP contribution in [-0.2, 0) is 5.54 Å². The second kappa shape index (κ2) is 9.05. The van der Waals surface area contributed by atoms with E-state index in [1.54, 1.807) is 0 Å². The summed E-state index contributed by atoms with van der Waals surface area (Å²) in [5, 5.41) is 16.2. The lowest BCUT2D eigenvalue weighted by molar-refractivity contribution is 0.105. The van der Waals surface area contributed by atoms with Crippen LogP contribution in [0.3, 0.4) is 0 Å². The summed E-state index contributed by atoms with van der Waals surface area (Å²) in [7, 11) is 0. The number of fused-ring (bicyclic) bond motifs is 5. The maximum absolute atomic E-state index is 4.28. The standard InChI is InChI=1S/C30H44N4/c1-28(2,3)32-25-16-17-30(34-27(25)21-11-7-6-8-12-21)20-29(4,5)33-24-15-10-18-31-26(24)22-13-9-14-23(30)19-22/h6-9,11-14,19,24-27,31-34H,10,15-18,20H2,1-5H3/t24-,25-,26?,27-,30?/m0/s1. The Bertz CT molecular complexity index is 979. The first-order valence-electron chi connectivity index (χ1n) is 13.4. The van der Waals surface area contributed by atoms with Gasteiger partial charge in [0.05, 0.1) is 0 Å². The van der Waals surface area contributed by atoms with Gasteiger partial charge >= 0.3 is 0 Å². The molecule has 0 aromatic heterocycles. The van der Waals surface area contributed by atoms with Gasteiger partial charge in [-0.15, -0.1) is 0 Å². The molecule has 34 heavy (non-hydrogen) atoms. The van der Waals surface area contributed by atoms with E-state index in [1.807, 2.05) is 0 Å². The summed E-state index contributed by atoms with van der Waals surface area (Å²) in [5.74, 6) is 0. The molecule has 3 aliphatic rings. The van der Waals surface area contributed by atoms with Gasteiger partial charge in [0.25, 0.3) is 0 Å². The Hall–Kier alpha value is -1.72. The third kappa shape index (κ3) is 4.97. The van der Waals surface area contributed by atoms with Crippen molar-refractivity contribution >= 4 is 0 Å². The zero-order valence-corrected chi connectivity index (χ0v) is 21.7. The molecule has 2 unspecified atom stereocenters. The molecule has 184 valence electrons. The molecule has 5 atom stereocenters. The minimum Gasteiger partial charge on any atom is -0.309 e. The summed E-state index contributed by atoms with van der Waals surface area (Å²) in [4.78, 5) is 0. The van der Waals surface area contributed by atoms with E-state index in [4.69, 9.17) is 0 Å². The van der Waals surface area contributed by atoms with Crippen molar-refractivity contribution in [1.82, 2.24) is 21.3 Å². The van der Waals surface area contributed by atoms with E-state index in [-0.39, 0.29) is 22.7 Å². The molecule has 4 heteroatoms. The highest BCUT2D eigenvalue weighted by Crippen LogP contribution is 2.45. The first-order chi connectivity index (χ1) is 16.1. The number of piperidine rings is 2. The van der Waals surface area contributed by atoms with Crippen LogP contribution in [-0.4, -0.2) is 29.7 Å². The summed E-state index contributed by atoms with van der Waals surface area (Å²) in [6, 6.07) is 22.1. The van der Waals surface area contributed by atoms with E-state index in [9.17, 15) is 0 Å². The van der Waals surface area contributed by atoms with Crippen molar-refractivity contribution in [3.8, 4) is 0 Å². The van der Waals surface area contributed by atoms with Crippen LogP contribution in [0.1, 0.15) is 95.5 Å². The summed E-state index contributed by atoms with van der Waals surface area (Å²) in [6.45, 7) is 12.8. The summed E-state index contributed by atoms with van der Waals surface area (Å²) < 4.78 is 0. The Morgan fingerprint density at radius 2 is 1.65 bits per heavy atom. The molecule has 5 rings (SSSR count). The van der Waals surface area contributed by atoms with E-state index >= 15 is 0 Å². The van der Waals surface area contributed by atoms with Gasteiger partial charge in [-0.25, -0.2) is 0 Å². The molecule has 4 nitrogen and oxygen atoms in total. The molecule has 2 fully saturated rings. The molecule has 3 aliphatic heterocycles. The summed E-state index contributed by atoms with van der Waals surface area (Å²) in [5.41, 5.74) is 4.28. The molecule has 0 saturated carbocycles. The number of hydrogen-bond donors (Lipinski definition) is 4. The van der Waals surface area contributed by atoms with Crippen molar-refractivity contribution in [1.29, 1.82) is 0 Å². The Labute approximate surface area is 206 Å². The van der Waals surface area contributed by atoms with E-state index in [2.05, 4.69) is 110 Å². The van der Waals surface area contributed by atoms with Crippen LogP contribution in [0.4, 0.5) is 0 Å². The van der Waals surface area contributed by atoms with Crippen LogP contribution >= 0.6 is 0 Å². The lowest BCUT2D eigenvalue weighted by Gasteiger charge is -2.51. The van der Waals surface area contributed by atoms with Crippen molar-refractivity contribution in [2.45, 2.75) is 108 Å². The highest BCUT2D eigenvalue weighted by molar-refractivity contribution is 5.36. The van der Waals surface area contributed by atoms with Crippen LogP contribution in [0, 0.1) is 0 Å². The summed E-state index contributed by atoms with van der Waals surface area (Å²) >= 11 is 0. The SMILES string of the molecule is CC(C)(C)N[C@H]1CCC2(CC(C)(C)N[C@H]3CCCNC3c3cccc2c3)N[C@H]1c1ccccc1. The lowest BCUT2D eigenvalue weighted by atomic mass is 9.71. The highest BCUT2D eigenvalue weighted by Gasteiger charge is 2.47. The zero-order valence-electron chi connectivity index (χ0n) is 21.7. The molecule has 0 amide bonds. The van der Waals surface area contributed by atoms with E-state index in [0.717, 1.165) is 25.8 Å². The molecule has 3 heterocycles. The molecule has 2 aromatic carbocycles. The molecule has 2 bridgehead atoms. The van der Waals surface area contributed by atoms with Gasteiger partial charge in [0.1, 0.15) is 0 Å². The van der Waals surface area contributed by atoms with Gasteiger partial charge in [0.2, 0.25) is 0 Å². The predicted molar refractivity (Wildman–Crippen MR) is 142 cm³/mol. The van der Waals surface area contributed by atoms with Crippen molar-refractivity contribution in [3.05, 3.63) is 71.3 Å². The average Bonchev–Trinajstić information content (AvgIpc) is 2.81.